The molecule has 37 heavy (non-hydrogen) atoms. The highest BCUT2D eigenvalue weighted by Crippen LogP contribution is 2.40. The van der Waals surface area contributed by atoms with Crippen molar-refractivity contribution < 1.29 is 28.8 Å². The first kappa shape index (κ1) is 27.1. The molecular formula is C30H33ClO6. The largest absolute Gasteiger partial charge is 0.494 e. The van der Waals surface area contributed by atoms with Crippen LogP contribution in [0.4, 0.5) is 0 Å². The monoisotopic (exact) mass is 524 g/mol. The first-order chi connectivity index (χ1) is 17.9. The maximum atomic E-state index is 12.4. The molecule has 0 aromatic heterocycles. The van der Waals surface area contributed by atoms with Crippen molar-refractivity contribution in [2.45, 2.75) is 50.6 Å². The third kappa shape index (κ3) is 6.90. The lowest BCUT2D eigenvalue weighted by Crippen LogP contribution is -2.52. The summed E-state index contributed by atoms with van der Waals surface area (Å²) < 4.78 is 23.3. The zero-order chi connectivity index (χ0) is 26.3. The molecule has 0 amide bonds. The van der Waals surface area contributed by atoms with Gasteiger partial charge in [0.15, 0.2) is 5.60 Å². The third-order valence-electron chi connectivity index (χ3n) is 6.57. The van der Waals surface area contributed by atoms with Gasteiger partial charge in [0.25, 0.3) is 0 Å². The minimum Gasteiger partial charge on any atom is -0.494 e. The van der Waals surface area contributed by atoms with Gasteiger partial charge in [0.05, 0.1) is 32.0 Å². The van der Waals surface area contributed by atoms with Gasteiger partial charge in [-0.1, -0.05) is 66.2 Å². The van der Waals surface area contributed by atoms with Gasteiger partial charge in [-0.05, 0) is 53.8 Å². The van der Waals surface area contributed by atoms with E-state index in [1.165, 1.54) is 7.11 Å². The molecule has 0 radical (unpaired) electrons. The lowest BCUT2D eigenvalue weighted by molar-refractivity contribution is -0.214. The van der Waals surface area contributed by atoms with Crippen LogP contribution in [0.25, 0.3) is 0 Å². The number of hydrogen-bond donors (Lipinski definition) is 1. The van der Waals surface area contributed by atoms with E-state index < -0.39 is 17.7 Å². The molecule has 1 aliphatic rings. The highest BCUT2D eigenvalue weighted by Gasteiger charge is 2.49. The zero-order valence-electron chi connectivity index (χ0n) is 21.2. The van der Waals surface area contributed by atoms with Crippen LogP contribution in [0.3, 0.4) is 0 Å². The highest BCUT2D eigenvalue weighted by molar-refractivity contribution is 6.31. The van der Waals surface area contributed by atoms with E-state index in [4.69, 9.17) is 30.5 Å². The first-order valence-corrected chi connectivity index (χ1v) is 12.9. The Morgan fingerprint density at radius 3 is 2.51 bits per heavy atom. The van der Waals surface area contributed by atoms with E-state index in [0.29, 0.717) is 31.1 Å². The molecule has 4 rings (SSSR count). The number of rotatable bonds is 11. The molecule has 0 aliphatic carbocycles. The normalized spacial score (nSPS) is 21.5. The molecule has 1 fully saturated rings. The zero-order valence-corrected chi connectivity index (χ0v) is 21.9. The molecule has 196 valence electrons. The fourth-order valence-corrected chi connectivity index (χ4v) is 4.91. The summed E-state index contributed by atoms with van der Waals surface area (Å²) in [5, 5.41) is 10.8. The van der Waals surface area contributed by atoms with Crippen molar-refractivity contribution in [3.8, 4) is 5.75 Å². The average molecular weight is 525 g/mol. The molecule has 0 saturated carbocycles. The van der Waals surface area contributed by atoms with Gasteiger partial charge < -0.3 is 24.1 Å². The molecule has 1 saturated heterocycles. The Morgan fingerprint density at radius 1 is 1.08 bits per heavy atom. The van der Waals surface area contributed by atoms with Gasteiger partial charge in [-0.25, -0.2) is 4.79 Å². The number of carboxylic acids is 1. The summed E-state index contributed by atoms with van der Waals surface area (Å²) in [5.74, 6) is -0.234. The van der Waals surface area contributed by atoms with Crippen LogP contribution >= 0.6 is 11.6 Å². The van der Waals surface area contributed by atoms with E-state index in [-0.39, 0.29) is 19.1 Å². The van der Waals surface area contributed by atoms with Gasteiger partial charge in [-0.15, -0.1) is 0 Å². The van der Waals surface area contributed by atoms with E-state index in [1.54, 1.807) is 0 Å². The molecule has 1 N–H and O–H groups in total. The Kier molecular flexibility index (Phi) is 9.22. The second-order valence-electron chi connectivity index (χ2n) is 9.30. The summed E-state index contributed by atoms with van der Waals surface area (Å²) >= 11 is 6.56. The molecule has 6 nitrogen and oxygen atoms in total. The number of ether oxygens (including phenoxy) is 4. The van der Waals surface area contributed by atoms with Crippen molar-refractivity contribution in [2.75, 3.05) is 20.3 Å². The number of hydrogen-bond acceptors (Lipinski definition) is 5. The fraction of sp³-hybridized carbons (Fsp3) is 0.367. The quantitative estimate of drug-likeness (QED) is 0.320. The standard InChI is InChI=1S/C30H33ClO6/c1-3-35-25-12-9-21(10-13-25)15-24-16-23(11-14-27(24)31)28-17-26(36-19-22-7-5-4-6-8-22)18-30(37-28,20-34-2)29(32)33/h4-14,16,26,28H,3,15,17-20H2,1-2H3,(H,32,33)/t26?,28?,30-/m1/s1. The molecule has 1 heterocycles. The summed E-state index contributed by atoms with van der Waals surface area (Å²) in [7, 11) is 1.48. The maximum absolute atomic E-state index is 12.4. The average Bonchev–Trinajstić information content (AvgIpc) is 2.90. The number of carbonyl (C=O) groups is 1. The predicted octanol–water partition coefficient (Wildman–Crippen LogP) is 6.24. The number of benzene rings is 3. The van der Waals surface area contributed by atoms with Crippen LogP contribution < -0.4 is 4.74 Å². The summed E-state index contributed by atoms with van der Waals surface area (Å²) in [6.07, 6.45) is 0.538. The van der Waals surface area contributed by atoms with E-state index >= 15 is 0 Å². The van der Waals surface area contributed by atoms with Gasteiger partial charge in [-0.2, -0.15) is 0 Å². The number of methoxy groups -OCH3 is 1. The molecule has 3 aromatic rings. The van der Waals surface area contributed by atoms with Gasteiger partial charge in [-0.3, -0.25) is 0 Å². The molecular weight excluding hydrogens is 492 g/mol. The Balaban J connectivity index is 1.57. The van der Waals surface area contributed by atoms with Crippen molar-refractivity contribution in [3.05, 3.63) is 100 Å². The van der Waals surface area contributed by atoms with E-state index in [2.05, 4.69) is 0 Å². The predicted molar refractivity (Wildman–Crippen MR) is 142 cm³/mol. The van der Waals surface area contributed by atoms with Crippen molar-refractivity contribution >= 4 is 17.6 Å². The van der Waals surface area contributed by atoms with Crippen LogP contribution in [-0.2, 0) is 32.0 Å². The highest BCUT2D eigenvalue weighted by atomic mass is 35.5. The van der Waals surface area contributed by atoms with Gasteiger partial charge >= 0.3 is 5.97 Å². The summed E-state index contributed by atoms with van der Waals surface area (Å²) in [6, 6.07) is 23.5. The summed E-state index contributed by atoms with van der Waals surface area (Å²) in [6.45, 7) is 2.89. The van der Waals surface area contributed by atoms with Crippen molar-refractivity contribution in [1.29, 1.82) is 0 Å². The molecule has 3 aromatic carbocycles. The van der Waals surface area contributed by atoms with Gasteiger partial charge in [0, 0.05) is 25.0 Å². The minimum atomic E-state index is -1.51. The maximum Gasteiger partial charge on any atom is 0.338 e. The van der Waals surface area contributed by atoms with E-state index in [1.807, 2.05) is 79.7 Å². The third-order valence-corrected chi connectivity index (χ3v) is 6.94. The lowest BCUT2D eigenvalue weighted by Gasteiger charge is -2.41. The van der Waals surface area contributed by atoms with Crippen LogP contribution in [-0.4, -0.2) is 43.1 Å². The van der Waals surface area contributed by atoms with Crippen LogP contribution in [0.1, 0.15) is 48.1 Å². The van der Waals surface area contributed by atoms with Crippen LogP contribution in [0.5, 0.6) is 5.75 Å². The SMILES string of the molecule is CCOc1ccc(Cc2cc(C3CC(OCc4ccccc4)C[C@@](COC)(C(=O)O)O3)ccc2Cl)cc1. The first-order valence-electron chi connectivity index (χ1n) is 12.5. The molecule has 0 bridgehead atoms. The van der Waals surface area contributed by atoms with Crippen molar-refractivity contribution in [2.24, 2.45) is 0 Å². The topological polar surface area (TPSA) is 74.2 Å². The smallest absolute Gasteiger partial charge is 0.338 e. The molecule has 1 aliphatic heterocycles. The number of halogens is 1. The Bertz CT molecular complexity index is 1170. The fourth-order valence-electron chi connectivity index (χ4n) is 4.72. The van der Waals surface area contributed by atoms with Crippen LogP contribution in [0.2, 0.25) is 5.02 Å². The molecule has 0 spiro atoms. The summed E-state index contributed by atoms with van der Waals surface area (Å²) in [4.78, 5) is 12.4. The summed E-state index contributed by atoms with van der Waals surface area (Å²) in [5.41, 5.74) is 2.42. The Hall–Kier alpha value is -2.90. The lowest BCUT2D eigenvalue weighted by atomic mass is 9.87. The molecule has 7 heteroatoms. The van der Waals surface area contributed by atoms with E-state index in [9.17, 15) is 9.90 Å². The van der Waals surface area contributed by atoms with Crippen LogP contribution in [0.15, 0.2) is 72.8 Å². The van der Waals surface area contributed by atoms with Gasteiger partial charge in [0.2, 0.25) is 0 Å². The van der Waals surface area contributed by atoms with E-state index in [0.717, 1.165) is 28.0 Å². The second kappa shape index (κ2) is 12.6. The number of carboxylic acid groups (broad SMARTS) is 1. The van der Waals surface area contributed by atoms with Crippen molar-refractivity contribution in [3.63, 3.8) is 0 Å². The van der Waals surface area contributed by atoms with Gasteiger partial charge in [0.1, 0.15) is 5.75 Å². The Labute approximate surface area is 223 Å². The second-order valence-corrected chi connectivity index (χ2v) is 9.71. The molecule has 2 unspecified atom stereocenters. The number of aliphatic carboxylic acids is 1. The van der Waals surface area contributed by atoms with Crippen molar-refractivity contribution in [1.82, 2.24) is 0 Å². The van der Waals surface area contributed by atoms with Crippen LogP contribution in [0, 0.1) is 0 Å². The minimum absolute atomic E-state index is 0.0728. The Morgan fingerprint density at radius 2 is 1.84 bits per heavy atom. The molecule has 3 atom stereocenters.